The molecule has 0 radical (unpaired) electrons. The van der Waals surface area contributed by atoms with Crippen LogP contribution in [0, 0.1) is 6.57 Å². The maximum atomic E-state index is 12.7. The topological polar surface area (TPSA) is 77.6 Å². The second-order valence-corrected chi connectivity index (χ2v) is 15.8. The molecule has 0 saturated heterocycles. The lowest BCUT2D eigenvalue weighted by molar-refractivity contribution is 0.0898. The van der Waals surface area contributed by atoms with Crippen molar-refractivity contribution in [3.63, 3.8) is 0 Å². The number of nitrogens with one attached hydrogen (secondary N) is 1. The molecule has 1 N–H and O–H groups in total. The van der Waals surface area contributed by atoms with Crippen molar-refractivity contribution >= 4 is 40.7 Å². The molecule has 1 aromatic carbocycles. The Morgan fingerprint density at radius 2 is 2.11 bits per heavy atom. The van der Waals surface area contributed by atoms with Gasteiger partial charge in [-0.2, -0.15) is 0 Å². The fourth-order valence-corrected chi connectivity index (χ4v) is 5.05. The molecule has 3 rings (SSSR count). The summed E-state index contributed by atoms with van der Waals surface area (Å²) in [6, 6.07) is 3.94. The van der Waals surface area contributed by atoms with Crippen molar-refractivity contribution in [2.24, 2.45) is 0 Å². The second kappa shape index (κ2) is 7.18. The molecule has 0 aliphatic heterocycles. The van der Waals surface area contributed by atoms with Gasteiger partial charge in [-0.15, -0.1) is 4.72 Å². The largest absolute Gasteiger partial charge is 0.361 e. The van der Waals surface area contributed by atoms with Crippen molar-refractivity contribution in [3.05, 3.63) is 34.9 Å². The highest BCUT2D eigenvalue weighted by Crippen LogP contribution is 2.38. The number of hydrogen-bond donors (Lipinski definition) is 1. The van der Waals surface area contributed by atoms with Crippen LogP contribution < -0.4 is 4.72 Å². The molecule has 0 spiro atoms. The van der Waals surface area contributed by atoms with Crippen LogP contribution in [-0.2, 0) is 21.5 Å². The van der Waals surface area contributed by atoms with Gasteiger partial charge in [0.15, 0.2) is 0 Å². The quantitative estimate of drug-likeness (QED) is 0.396. The van der Waals surface area contributed by atoms with Gasteiger partial charge in [0, 0.05) is 14.7 Å². The number of fused-ring (bicyclic) bond motifs is 1. The van der Waals surface area contributed by atoms with Crippen molar-refractivity contribution in [3.8, 4) is 0 Å². The third-order valence-corrected chi connectivity index (χ3v) is 7.95. The Labute approximate surface area is 165 Å². The van der Waals surface area contributed by atoms with Crippen molar-refractivity contribution in [2.75, 3.05) is 6.61 Å². The van der Waals surface area contributed by atoms with Gasteiger partial charge in [0.25, 0.3) is 5.66 Å². The van der Waals surface area contributed by atoms with E-state index < -0.39 is 23.8 Å². The highest BCUT2D eigenvalue weighted by molar-refractivity contribution is 7.89. The van der Waals surface area contributed by atoms with Crippen LogP contribution in [-0.4, -0.2) is 38.3 Å². The second-order valence-electron chi connectivity index (χ2n) is 8.08. The van der Waals surface area contributed by atoms with Crippen molar-refractivity contribution < 1.29 is 13.2 Å². The van der Waals surface area contributed by atoms with E-state index in [1.165, 1.54) is 12.1 Å². The summed E-state index contributed by atoms with van der Waals surface area (Å²) in [6.07, 6.45) is 2.64. The number of hydrogen-bond acceptors (Lipinski definition) is 4. The summed E-state index contributed by atoms with van der Waals surface area (Å²) in [7, 11) is -5.02. The summed E-state index contributed by atoms with van der Waals surface area (Å²) < 4.78 is 35.3. The average Bonchev–Trinajstić information content (AvgIpc) is 3.21. The summed E-state index contributed by atoms with van der Waals surface area (Å²) in [4.78, 5) is 7.69. The Balaban J connectivity index is 1.83. The lowest BCUT2D eigenvalue weighted by Crippen LogP contribution is -2.34. The molecule has 1 aliphatic carbocycles. The molecule has 1 aromatic heterocycles. The number of halogens is 1. The number of imidazole rings is 1. The highest BCUT2D eigenvalue weighted by atomic mass is 35.5. The number of aromatic nitrogens is 2. The molecule has 0 atom stereocenters. The van der Waals surface area contributed by atoms with Crippen LogP contribution >= 0.6 is 11.6 Å². The molecular weight excluding hydrogens is 404 g/mol. The van der Waals surface area contributed by atoms with Gasteiger partial charge in [0.1, 0.15) is 12.2 Å². The Kier molecular flexibility index (Phi) is 5.40. The summed E-state index contributed by atoms with van der Waals surface area (Å²) in [5.41, 5.74) is 0.111. The van der Waals surface area contributed by atoms with E-state index in [1.807, 2.05) is 0 Å². The van der Waals surface area contributed by atoms with Gasteiger partial charge < -0.3 is 9.30 Å². The molecule has 1 saturated carbocycles. The summed E-state index contributed by atoms with van der Waals surface area (Å²) >= 11 is 6.26. The molecule has 1 heterocycles. The first-order chi connectivity index (χ1) is 12.6. The van der Waals surface area contributed by atoms with E-state index in [2.05, 4.69) is 34.2 Å². The summed E-state index contributed by atoms with van der Waals surface area (Å²) in [5, 5.41) is 0.251. The maximum absolute atomic E-state index is 12.7. The van der Waals surface area contributed by atoms with Crippen LogP contribution in [0.4, 0.5) is 0 Å². The van der Waals surface area contributed by atoms with Crippen molar-refractivity contribution in [2.45, 2.75) is 55.8 Å². The molecule has 27 heavy (non-hydrogen) atoms. The number of nitrogens with zero attached hydrogens (tertiary/aromatic N) is 3. The van der Waals surface area contributed by atoms with E-state index in [-0.39, 0.29) is 16.6 Å². The number of benzene rings is 1. The van der Waals surface area contributed by atoms with Crippen LogP contribution in [0.3, 0.4) is 0 Å². The molecule has 10 heteroatoms. The third-order valence-electron chi connectivity index (χ3n) is 4.45. The van der Waals surface area contributed by atoms with Crippen LogP contribution in [0.2, 0.25) is 30.7 Å². The van der Waals surface area contributed by atoms with E-state index in [1.54, 1.807) is 10.9 Å². The van der Waals surface area contributed by atoms with Crippen LogP contribution in [0.1, 0.15) is 12.8 Å². The van der Waals surface area contributed by atoms with Gasteiger partial charge in [-0.25, -0.2) is 20.0 Å². The Morgan fingerprint density at radius 3 is 2.70 bits per heavy atom. The van der Waals surface area contributed by atoms with E-state index in [0.717, 1.165) is 6.04 Å². The van der Waals surface area contributed by atoms with Gasteiger partial charge in [-0.1, -0.05) is 31.2 Å². The van der Waals surface area contributed by atoms with Gasteiger partial charge >= 0.3 is 0 Å². The van der Waals surface area contributed by atoms with Crippen LogP contribution in [0.25, 0.3) is 15.9 Å². The SMILES string of the molecule is [C-]#[N+]C1(NS(=O)(=O)c2cc(Cl)c3ncn(COCC[Si](C)(C)C)c3c2)CC1. The first-order valence-electron chi connectivity index (χ1n) is 8.70. The first-order valence-corrected chi connectivity index (χ1v) is 14.3. The molecule has 0 unspecified atom stereocenters. The Morgan fingerprint density at radius 1 is 1.41 bits per heavy atom. The van der Waals surface area contributed by atoms with Crippen molar-refractivity contribution in [1.29, 1.82) is 0 Å². The lowest BCUT2D eigenvalue weighted by Gasteiger charge is -2.15. The molecule has 0 amide bonds. The fourth-order valence-electron chi connectivity index (χ4n) is 2.56. The zero-order chi connectivity index (χ0) is 19.9. The number of sulfonamides is 1. The third kappa shape index (κ3) is 4.70. The van der Waals surface area contributed by atoms with Crippen LogP contribution in [0.15, 0.2) is 23.4 Å². The van der Waals surface area contributed by atoms with E-state index in [0.29, 0.717) is 30.5 Å². The molecule has 2 aromatic rings. The monoisotopic (exact) mass is 426 g/mol. The van der Waals surface area contributed by atoms with Gasteiger partial charge in [0.2, 0.25) is 10.0 Å². The van der Waals surface area contributed by atoms with E-state index in [9.17, 15) is 8.42 Å². The molecule has 7 nitrogen and oxygen atoms in total. The first kappa shape index (κ1) is 20.3. The van der Waals surface area contributed by atoms with Gasteiger partial charge in [-0.05, 0) is 18.2 Å². The molecule has 0 bridgehead atoms. The minimum Gasteiger partial charge on any atom is -0.361 e. The number of rotatable bonds is 8. The molecular formula is C17H23ClN4O3SSi. The van der Waals surface area contributed by atoms with Crippen LogP contribution in [0.5, 0.6) is 0 Å². The zero-order valence-electron chi connectivity index (χ0n) is 15.6. The minimum absolute atomic E-state index is 0.0266. The molecule has 1 fully saturated rings. The smallest absolute Gasteiger partial charge is 0.299 e. The zero-order valence-corrected chi connectivity index (χ0v) is 18.2. The average molecular weight is 427 g/mol. The lowest BCUT2D eigenvalue weighted by atomic mass is 10.3. The number of ether oxygens (including phenoxy) is 1. The standard InChI is InChI=1S/C17H23ClN4O3SSi/c1-19-17(5-6-17)21-26(23,24)13-9-14(18)16-15(10-13)22(11-20-16)12-25-7-8-27(2,3)4/h9-11,21H,5-8,12H2,2-4H3. The highest BCUT2D eigenvalue weighted by Gasteiger charge is 2.54. The van der Waals surface area contributed by atoms with Gasteiger partial charge in [-0.3, -0.25) is 4.85 Å². The Hall–Kier alpha value is -1.44. The molecule has 146 valence electrons. The molecule has 1 aliphatic rings. The van der Waals surface area contributed by atoms with E-state index in [4.69, 9.17) is 22.9 Å². The van der Waals surface area contributed by atoms with E-state index >= 15 is 0 Å². The van der Waals surface area contributed by atoms with Gasteiger partial charge in [0.05, 0.1) is 34.6 Å². The predicted octanol–water partition coefficient (Wildman–Crippen LogP) is 3.69. The maximum Gasteiger partial charge on any atom is 0.299 e. The summed E-state index contributed by atoms with van der Waals surface area (Å²) in [5.74, 6) is 0. The predicted molar refractivity (Wildman–Crippen MR) is 108 cm³/mol. The Bertz CT molecular complexity index is 1000. The van der Waals surface area contributed by atoms with Crippen molar-refractivity contribution in [1.82, 2.24) is 14.3 Å². The summed E-state index contributed by atoms with van der Waals surface area (Å²) in [6.45, 7) is 14.9. The minimum atomic E-state index is -3.85. The fraction of sp³-hybridized carbons (Fsp3) is 0.529. The normalized spacial score (nSPS) is 16.4.